The summed E-state index contributed by atoms with van der Waals surface area (Å²) in [5, 5.41) is 4.75. The molecular formula is C23H20N4O4. The molecule has 1 fully saturated rings. The topological polar surface area (TPSA) is 87.4 Å². The summed E-state index contributed by atoms with van der Waals surface area (Å²) in [6, 6.07) is 15.0. The second kappa shape index (κ2) is 7.98. The number of para-hydroxylation sites is 1. The number of aliphatic imine (C=N–C) groups is 1. The number of esters is 1. The molecule has 2 amide bonds. The van der Waals surface area contributed by atoms with Crippen LogP contribution >= 0.6 is 0 Å². The summed E-state index contributed by atoms with van der Waals surface area (Å²) in [6.07, 6.45) is 4.50. The molecule has 2 aliphatic rings. The molecule has 2 aliphatic heterocycles. The van der Waals surface area contributed by atoms with Gasteiger partial charge in [-0.1, -0.05) is 36.4 Å². The number of piperazine rings is 1. The number of rotatable bonds is 3. The Morgan fingerprint density at radius 3 is 2.45 bits per heavy atom. The monoisotopic (exact) mass is 416 g/mol. The SMILES string of the molecule is O=C1OC=N/C1=C(/c1cccc2cocc12)N1CCN(C(=O)Nc2ccccc2)CC1. The zero-order chi connectivity index (χ0) is 21.2. The second-order valence-corrected chi connectivity index (χ2v) is 7.29. The van der Waals surface area contributed by atoms with Crippen LogP contribution in [-0.4, -0.2) is 54.4 Å². The third-order valence-electron chi connectivity index (χ3n) is 5.44. The Balaban J connectivity index is 1.40. The van der Waals surface area contributed by atoms with Crippen LogP contribution in [0.25, 0.3) is 16.5 Å². The van der Waals surface area contributed by atoms with Gasteiger partial charge in [-0.3, -0.25) is 0 Å². The Labute approximate surface area is 178 Å². The number of nitrogens with one attached hydrogen (secondary N) is 1. The number of carbonyl (C=O) groups excluding carboxylic acids is 2. The van der Waals surface area contributed by atoms with Crippen LogP contribution in [0.15, 0.2) is 76.2 Å². The number of hydrogen-bond acceptors (Lipinski definition) is 6. The van der Waals surface area contributed by atoms with E-state index in [2.05, 4.69) is 15.2 Å². The van der Waals surface area contributed by atoms with Gasteiger partial charge in [-0.2, -0.15) is 0 Å². The van der Waals surface area contributed by atoms with E-state index >= 15 is 0 Å². The number of hydrogen-bond donors (Lipinski definition) is 1. The molecule has 0 unspecified atom stereocenters. The number of benzene rings is 2. The molecule has 8 heteroatoms. The van der Waals surface area contributed by atoms with Crippen molar-refractivity contribution in [2.45, 2.75) is 0 Å². The molecule has 31 heavy (non-hydrogen) atoms. The van der Waals surface area contributed by atoms with Gasteiger partial charge in [0.25, 0.3) is 0 Å². The van der Waals surface area contributed by atoms with E-state index in [4.69, 9.17) is 9.15 Å². The molecule has 3 aromatic rings. The van der Waals surface area contributed by atoms with Crippen molar-refractivity contribution in [2.75, 3.05) is 31.5 Å². The predicted octanol–water partition coefficient (Wildman–Crippen LogP) is 3.54. The standard InChI is InChI=1S/C23H20N4O4/c28-22-20(24-15-31-22)21(18-8-4-5-16-13-30-14-19(16)18)26-9-11-27(12-10-26)23(29)25-17-6-2-1-3-7-17/h1-8,13-15H,9-12H2,(H,25,29)/b21-20-. The van der Waals surface area contributed by atoms with Crippen molar-refractivity contribution < 1.29 is 18.7 Å². The lowest BCUT2D eigenvalue weighted by Gasteiger charge is -2.37. The maximum atomic E-state index is 12.6. The Morgan fingerprint density at radius 1 is 0.935 bits per heavy atom. The number of furan rings is 1. The summed E-state index contributed by atoms with van der Waals surface area (Å²) in [6.45, 7) is 2.13. The number of anilines is 1. The maximum Gasteiger partial charge on any atom is 0.365 e. The summed E-state index contributed by atoms with van der Waals surface area (Å²) in [5.41, 5.74) is 2.55. The number of cyclic esters (lactones) is 1. The summed E-state index contributed by atoms with van der Waals surface area (Å²) >= 11 is 0. The Bertz CT molecular complexity index is 1190. The van der Waals surface area contributed by atoms with Crippen molar-refractivity contribution in [3.8, 4) is 0 Å². The van der Waals surface area contributed by atoms with Gasteiger partial charge in [0.2, 0.25) is 0 Å². The molecule has 0 atom stereocenters. The molecule has 0 saturated carbocycles. The fraction of sp³-hybridized carbons (Fsp3) is 0.174. The average Bonchev–Trinajstić information content (AvgIpc) is 3.45. The molecular weight excluding hydrogens is 396 g/mol. The van der Waals surface area contributed by atoms with Crippen LogP contribution in [0.5, 0.6) is 0 Å². The van der Waals surface area contributed by atoms with Gasteiger partial charge in [0.05, 0.1) is 18.2 Å². The summed E-state index contributed by atoms with van der Waals surface area (Å²) in [7, 11) is 0. The second-order valence-electron chi connectivity index (χ2n) is 7.29. The molecule has 1 N–H and O–H groups in total. The minimum Gasteiger partial charge on any atom is -0.471 e. The van der Waals surface area contributed by atoms with Gasteiger partial charge < -0.3 is 24.3 Å². The summed E-state index contributed by atoms with van der Waals surface area (Å²) in [4.78, 5) is 33.0. The minimum absolute atomic E-state index is 0.143. The van der Waals surface area contributed by atoms with Gasteiger partial charge in [-0.15, -0.1) is 0 Å². The highest BCUT2D eigenvalue weighted by Gasteiger charge is 2.30. The van der Waals surface area contributed by atoms with Crippen molar-refractivity contribution in [2.24, 2.45) is 4.99 Å². The van der Waals surface area contributed by atoms with Crippen LogP contribution in [0, 0.1) is 0 Å². The van der Waals surface area contributed by atoms with E-state index in [1.165, 1.54) is 0 Å². The highest BCUT2D eigenvalue weighted by atomic mass is 16.5. The number of ether oxygens (including phenoxy) is 1. The molecule has 0 spiro atoms. The summed E-state index contributed by atoms with van der Waals surface area (Å²) < 4.78 is 10.3. The largest absolute Gasteiger partial charge is 0.471 e. The van der Waals surface area contributed by atoms with Crippen LogP contribution in [0.4, 0.5) is 10.5 Å². The van der Waals surface area contributed by atoms with Crippen LogP contribution in [-0.2, 0) is 9.53 Å². The first-order valence-electron chi connectivity index (χ1n) is 10.00. The maximum absolute atomic E-state index is 12.6. The zero-order valence-corrected chi connectivity index (χ0v) is 16.7. The summed E-state index contributed by atoms with van der Waals surface area (Å²) in [5.74, 6) is -0.486. The quantitative estimate of drug-likeness (QED) is 0.521. The highest BCUT2D eigenvalue weighted by molar-refractivity contribution is 6.06. The molecule has 8 nitrogen and oxygen atoms in total. The molecule has 5 rings (SSSR count). The fourth-order valence-corrected chi connectivity index (χ4v) is 3.90. The van der Waals surface area contributed by atoms with Crippen molar-refractivity contribution in [1.82, 2.24) is 9.80 Å². The fourth-order valence-electron chi connectivity index (χ4n) is 3.90. The third-order valence-corrected chi connectivity index (χ3v) is 5.44. The zero-order valence-electron chi connectivity index (χ0n) is 16.7. The lowest BCUT2D eigenvalue weighted by Crippen LogP contribution is -2.49. The Kier molecular flexibility index (Phi) is 4.87. The number of fused-ring (bicyclic) bond motifs is 1. The van der Waals surface area contributed by atoms with E-state index in [-0.39, 0.29) is 11.7 Å². The molecule has 2 aromatic carbocycles. The Morgan fingerprint density at radius 2 is 1.71 bits per heavy atom. The van der Waals surface area contributed by atoms with Gasteiger partial charge in [-0.05, 0) is 12.1 Å². The predicted molar refractivity (Wildman–Crippen MR) is 116 cm³/mol. The van der Waals surface area contributed by atoms with Crippen LogP contribution in [0.2, 0.25) is 0 Å². The van der Waals surface area contributed by atoms with E-state index < -0.39 is 5.97 Å². The first kappa shape index (κ1) is 18.9. The van der Waals surface area contributed by atoms with Crippen molar-refractivity contribution >= 4 is 40.6 Å². The van der Waals surface area contributed by atoms with Gasteiger partial charge in [0, 0.05) is 48.2 Å². The highest BCUT2D eigenvalue weighted by Crippen LogP contribution is 2.33. The molecule has 0 aliphatic carbocycles. The first-order valence-corrected chi connectivity index (χ1v) is 10.00. The van der Waals surface area contributed by atoms with E-state index in [0.29, 0.717) is 31.9 Å². The Hall–Kier alpha value is -4.07. The van der Waals surface area contributed by atoms with E-state index in [9.17, 15) is 9.59 Å². The third kappa shape index (κ3) is 3.63. The smallest absolute Gasteiger partial charge is 0.365 e. The normalized spacial score (nSPS) is 17.7. The lowest BCUT2D eigenvalue weighted by molar-refractivity contribution is -0.129. The van der Waals surface area contributed by atoms with Crippen molar-refractivity contribution in [3.05, 3.63) is 72.3 Å². The van der Waals surface area contributed by atoms with Gasteiger partial charge >= 0.3 is 12.0 Å². The van der Waals surface area contributed by atoms with E-state index in [1.807, 2.05) is 48.5 Å². The average molecular weight is 416 g/mol. The molecule has 3 heterocycles. The van der Waals surface area contributed by atoms with Crippen LogP contribution in [0.3, 0.4) is 0 Å². The molecule has 0 bridgehead atoms. The first-order chi connectivity index (χ1) is 15.2. The van der Waals surface area contributed by atoms with E-state index in [0.717, 1.165) is 28.4 Å². The number of carbonyl (C=O) groups is 2. The number of nitrogens with zero attached hydrogens (tertiary/aromatic N) is 3. The molecule has 1 aromatic heterocycles. The van der Waals surface area contributed by atoms with E-state index in [1.54, 1.807) is 17.4 Å². The van der Waals surface area contributed by atoms with Gasteiger partial charge in [0.1, 0.15) is 0 Å². The van der Waals surface area contributed by atoms with Crippen LogP contribution < -0.4 is 5.32 Å². The van der Waals surface area contributed by atoms with Crippen molar-refractivity contribution in [3.63, 3.8) is 0 Å². The van der Waals surface area contributed by atoms with Gasteiger partial charge in [0.15, 0.2) is 12.1 Å². The van der Waals surface area contributed by atoms with Crippen molar-refractivity contribution in [1.29, 1.82) is 0 Å². The number of amides is 2. The molecule has 1 saturated heterocycles. The van der Waals surface area contributed by atoms with Crippen LogP contribution in [0.1, 0.15) is 5.56 Å². The molecule has 156 valence electrons. The molecule has 0 radical (unpaired) electrons. The lowest BCUT2D eigenvalue weighted by atomic mass is 10.0. The number of urea groups is 1. The van der Waals surface area contributed by atoms with Gasteiger partial charge in [-0.25, -0.2) is 14.6 Å². The minimum atomic E-state index is -0.486.